The highest BCUT2D eigenvalue weighted by Gasteiger charge is 2.36. The van der Waals surface area contributed by atoms with E-state index in [1.165, 1.54) is 24.8 Å². The summed E-state index contributed by atoms with van der Waals surface area (Å²) in [5.74, 6) is 1.02. The van der Waals surface area contributed by atoms with Gasteiger partial charge in [0.05, 0.1) is 13.2 Å². The molecule has 126 valence electrons. The largest absolute Gasteiger partial charge is 0.491 e. The summed E-state index contributed by atoms with van der Waals surface area (Å²) < 4.78 is 10.6. The van der Waals surface area contributed by atoms with Crippen LogP contribution < -0.4 is 10.1 Å². The van der Waals surface area contributed by atoms with Crippen molar-refractivity contribution in [3.05, 3.63) is 29.8 Å². The lowest BCUT2D eigenvalue weighted by Gasteiger charge is -2.44. The average molecular weight is 318 g/mol. The van der Waals surface area contributed by atoms with Crippen LogP contribution in [0, 0.1) is 0 Å². The fourth-order valence-corrected chi connectivity index (χ4v) is 3.61. The monoisotopic (exact) mass is 318 g/mol. The van der Waals surface area contributed by atoms with E-state index in [0.717, 1.165) is 18.7 Å². The minimum atomic E-state index is 0.160. The molecule has 1 aromatic rings. The van der Waals surface area contributed by atoms with Crippen molar-refractivity contribution in [3.63, 3.8) is 0 Å². The number of hydrogen-bond donors (Lipinski definition) is 1. The van der Waals surface area contributed by atoms with E-state index in [1.807, 2.05) is 12.1 Å². The number of piperazine rings is 1. The fourth-order valence-electron chi connectivity index (χ4n) is 3.61. The zero-order valence-corrected chi connectivity index (χ0v) is 13.8. The smallest absolute Gasteiger partial charge is 0.234 e. The summed E-state index contributed by atoms with van der Waals surface area (Å²) in [5, 5.41) is 3.16. The number of hydrogen-bond acceptors (Lipinski definition) is 4. The number of fused-ring (bicyclic) bond motifs is 1. The molecule has 0 unspecified atom stereocenters. The number of nitrogens with zero attached hydrogens (tertiary/aromatic N) is 1. The Labute approximate surface area is 137 Å². The molecule has 1 aliphatic heterocycles. The Morgan fingerprint density at radius 1 is 1.17 bits per heavy atom. The Morgan fingerprint density at radius 2 is 1.96 bits per heavy atom. The molecule has 23 heavy (non-hydrogen) atoms. The van der Waals surface area contributed by atoms with E-state index < -0.39 is 0 Å². The van der Waals surface area contributed by atoms with Gasteiger partial charge in [-0.2, -0.15) is 0 Å². The second-order valence-corrected chi connectivity index (χ2v) is 6.42. The second-order valence-electron chi connectivity index (χ2n) is 6.42. The number of ether oxygens (including phenoxy) is 2. The standard InChI is InChI=1S/C18H26N2O3/c1-22-10-11-23-15-8-6-14(7-9-15)12-20-13-18(21)19-16-4-2-3-5-17(16)20/h6-9,16-17H,2-5,10-13H2,1H3,(H,19,21)/t16-,17+/m1/s1. The van der Waals surface area contributed by atoms with E-state index in [4.69, 9.17) is 9.47 Å². The lowest BCUT2D eigenvalue weighted by Crippen LogP contribution is -2.61. The molecule has 2 atom stereocenters. The zero-order chi connectivity index (χ0) is 16.1. The Morgan fingerprint density at radius 3 is 2.74 bits per heavy atom. The number of nitrogens with one attached hydrogen (secondary N) is 1. The summed E-state index contributed by atoms with van der Waals surface area (Å²) in [7, 11) is 1.67. The first-order chi connectivity index (χ1) is 11.3. The van der Waals surface area contributed by atoms with E-state index >= 15 is 0 Å². The van der Waals surface area contributed by atoms with Crippen molar-refractivity contribution in [2.24, 2.45) is 0 Å². The third-order valence-electron chi connectivity index (χ3n) is 4.76. The van der Waals surface area contributed by atoms with Crippen LogP contribution >= 0.6 is 0 Å². The van der Waals surface area contributed by atoms with Gasteiger partial charge < -0.3 is 14.8 Å². The Bertz CT molecular complexity index is 518. The molecule has 5 nitrogen and oxygen atoms in total. The number of carbonyl (C=O) groups is 1. The number of methoxy groups -OCH3 is 1. The van der Waals surface area contributed by atoms with Gasteiger partial charge in [0.25, 0.3) is 0 Å². The van der Waals surface area contributed by atoms with Crippen LogP contribution in [0.3, 0.4) is 0 Å². The van der Waals surface area contributed by atoms with Crippen molar-refractivity contribution in [2.45, 2.75) is 44.3 Å². The molecule has 1 aliphatic carbocycles. The molecule has 0 bridgehead atoms. The van der Waals surface area contributed by atoms with Crippen molar-refractivity contribution in [1.29, 1.82) is 0 Å². The maximum absolute atomic E-state index is 11.9. The summed E-state index contributed by atoms with van der Waals surface area (Å²) in [5.41, 5.74) is 1.23. The first-order valence-corrected chi connectivity index (χ1v) is 8.50. The molecule has 2 aliphatic rings. The van der Waals surface area contributed by atoms with Gasteiger partial charge in [0.2, 0.25) is 5.91 Å². The second kappa shape index (κ2) is 7.79. The lowest BCUT2D eigenvalue weighted by atomic mass is 9.87. The van der Waals surface area contributed by atoms with E-state index in [-0.39, 0.29) is 5.91 Å². The SMILES string of the molecule is COCCOc1ccc(CN2CC(=O)N[C@@H]3CCCC[C@@H]32)cc1. The Kier molecular flexibility index (Phi) is 5.51. The lowest BCUT2D eigenvalue weighted by molar-refractivity contribution is -0.128. The van der Waals surface area contributed by atoms with Gasteiger partial charge in [-0.25, -0.2) is 0 Å². The molecule has 1 saturated carbocycles. The van der Waals surface area contributed by atoms with Gasteiger partial charge in [0, 0.05) is 25.7 Å². The van der Waals surface area contributed by atoms with Crippen molar-refractivity contribution >= 4 is 5.91 Å². The van der Waals surface area contributed by atoms with E-state index in [2.05, 4.69) is 22.3 Å². The maximum atomic E-state index is 11.9. The predicted octanol–water partition coefficient (Wildman–Crippen LogP) is 1.95. The Balaban J connectivity index is 1.60. The van der Waals surface area contributed by atoms with Gasteiger partial charge in [-0.1, -0.05) is 25.0 Å². The highest BCUT2D eigenvalue weighted by atomic mass is 16.5. The first kappa shape index (κ1) is 16.3. The van der Waals surface area contributed by atoms with Crippen LogP contribution in [0.5, 0.6) is 5.75 Å². The third-order valence-corrected chi connectivity index (χ3v) is 4.76. The third kappa shape index (κ3) is 4.24. The summed E-state index contributed by atoms with van der Waals surface area (Å²) in [6.07, 6.45) is 4.78. The Hall–Kier alpha value is -1.59. The summed E-state index contributed by atoms with van der Waals surface area (Å²) >= 11 is 0. The van der Waals surface area contributed by atoms with Crippen molar-refractivity contribution < 1.29 is 14.3 Å². The van der Waals surface area contributed by atoms with Gasteiger partial charge in [-0.05, 0) is 30.5 Å². The topological polar surface area (TPSA) is 50.8 Å². The molecular weight excluding hydrogens is 292 g/mol. The molecule has 3 rings (SSSR count). The van der Waals surface area contributed by atoms with Crippen molar-refractivity contribution in [3.8, 4) is 5.75 Å². The van der Waals surface area contributed by atoms with Gasteiger partial charge >= 0.3 is 0 Å². The van der Waals surface area contributed by atoms with Crippen LogP contribution in [0.15, 0.2) is 24.3 Å². The molecule has 1 heterocycles. The van der Waals surface area contributed by atoms with Crippen molar-refractivity contribution in [2.75, 3.05) is 26.9 Å². The highest BCUT2D eigenvalue weighted by Crippen LogP contribution is 2.27. The first-order valence-electron chi connectivity index (χ1n) is 8.50. The van der Waals surface area contributed by atoms with Gasteiger partial charge in [0.1, 0.15) is 12.4 Å². The van der Waals surface area contributed by atoms with Crippen LogP contribution in [0.25, 0.3) is 0 Å². The van der Waals surface area contributed by atoms with Crippen LogP contribution in [-0.2, 0) is 16.1 Å². The number of benzene rings is 1. The molecule has 0 aromatic heterocycles. The normalized spacial score (nSPS) is 24.8. The fraction of sp³-hybridized carbons (Fsp3) is 0.611. The molecule has 5 heteroatoms. The van der Waals surface area contributed by atoms with E-state index in [1.54, 1.807) is 7.11 Å². The molecule has 0 spiro atoms. The van der Waals surface area contributed by atoms with Crippen molar-refractivity contribution in [1.82, 2.24) is 10.2 Å². The molecule has 1 aromatic carbocycles. The van der Waals surface area contributed by atoms with E-state index in [9.17, 15) is 4.79 Å². The van der Waals surface area contributed by atoms with Crippen LogP contribution in [-0.4, -0.2) is 49.8 Å². The summed E-state index contributed by atoms with van der Waals surface area (Å²) in [6.45, 7) is 2.49. The number of carbonyl (C=O) groups excluding carboxylic acids is 1. The minimum Gasteiger partial charge on any atom is -0.491 e. The van der Waals surface area contributed by atoms with Crippen LogP contribution in [0.1, 0.15) is 31.2 Å². The highest BCUT2D eigenvalue weighted by molar-refractivity contribution is 5.79. The quantitative estimate of drug-likeness (QED) is 0.815. The molecule has 1 saturated heterocycles. The number of rotatable bonds is 6. The maximum Gasteiger partial charge on any atom is 0.234 e. The van der Waals surface area contributed by atoms with Crippen LogP contribution in [0.2, 0.25) is 0 Å². The summed E-state index contributed by atoms with van der Waals surface area (Å²) in [4.78, 5) is 14.3. The summed E-state index contributed by atoms with van der Waals surface area (Å²) in [6, 6.07) is 8.99. The average Bonchev–Trinajstić information content (AvgIpc) is 2.56. The van der Waals surface area contributed by atoms with Gasteiger partial charge in [-0.3, -0.25) is 9.69 Å². The van der Waals surface area contributed by atoms with Gasteiger partial charge in [-0.15, -0.1) is 0 Å². The van der Waals surface area contributed by atoms with Gasteiger partial charge in [0.15, 0.2) is 0 Å². The van der Waals surface area contributed by atoms with Crippen LogP contribution in [0.4, 0.5) is 0 Å². The molecule has 1 amide bonds. The molecule has 2 fully saturated rings. The zero-order valence-electron chi connectivity index (χ0n) is 13.8. The van der Waals surface area contributed by atoms with E-state index in [0.29, 0.717) is 31.8 Å². The predicted molar refractivity (Wildman–Crippen MR) is 88.4 cm³/mol. The number of amides is 1. The minimum absolute atomic E-state index is 0.160. The molecule has 1 N–H and O–H groups in total. The molecule has 0 radical (unpaired) electrons. The molecular formula is C18H26N2O3.